The fourth-order valence-corrected chi connectivity index (χ4v) is 2.35. The van der Waals surface area contributed by atoms with Crippen molar-refractivity contribution >= 4 is 17.4 Å². The van der Waals surface area contributed by atoms with Crippen molar-refractivity contribution in [3.8, 4) is 0 Å². The van der Waals surface area contributed by atoms with Crippen molar-refractivity contribution in [2.75, 3.05) is 5.32 Å². The molecule has 2 aromatic carbocycles. The quantitative estimate of drug-likeness (QED) is 0.533. The van der Waals surface area contributed by atoms with Crippen LogP contribution in [0.4, 0.5) is 5.69 Å². The molecule has 6 nitrogen and oxygen atoms in total. The normalized spacial score (nSPS) is 13.0. The third kappa shape index (κ3) is 2.84. The maximum absolute atomic E-state index is 11.4. The van der Waals surface area contributed by atoms with E-state index in [1.807, 2.05) is 30.3 Å². The minimum absolute atomic E-state index is 0.0616. The van der Waals surface area contributed by atoms with Gasteiger partial charge in [-0.25, -0.2) is 4.79 Å². The summed E-state index contributed by atoms with van der Waals surface area (Å²) in [6.45, 7) is 0.161. The SMILES string of the molecule is O=C=C1Nc2ccccc2C(OCc2ccccc2)=C1[N+](=O)[O-]. The van der Waals surface area contributed by atoms with E-state index in [2.05, 4.69) is 5.32 Å². The minimum Gasteiger partial charge on any atom is -0.481 e. The van der Waals surface area contributed by atoms with Gasteiger partial charge in [-0.05, 0) is 17.7 Å². The molecule has 1 aliphatic heterocycles. The number of nitrogens with zero attached hydrogens (tertiary/aromatic N) is 1. The Bertz CT molecular complexity index is 837. The molecule has 0 atom stereocenters. The van der Waals surface area contributed by atoms with E-state index in [0.29, 0.717) is 11.3 Å². The summed E-state index contributed by atoms with van der Waals surface area (Å²) in [4.78, 5) is 21.8. The van der Waals surface area contributed by atoms with Crippen LogP contribution in [-0.4, -0.2) is 10.9 Å². The van der Waals surface area contributed by atoms with E-state index in [1.54, 1.807) is 30.2 Å². The molecule has 0 aromatic heterocycles. The van der Waals surface area contributed by atoms with Gasteiger partial charge in [0.25, 0.3) is 0 Å². The molecule has 0 amide bonds. The van der Waals surface area contributed by atoms with Crippen LogP contribution in [0.3, 0.4) is 0 Å². The predicted octanol–water partition coefficient (Wildman–Crippen LogP) is 2.99. The second-order valence-electron chi connectivity index (χ2n) is 4.86. The maximum Gasteiger partial charge on any atom is 0.346 e. The molecule has 2 aromatic rings. The third-order valence-electron chi connectivity index (χ3n) is 3.39. The first-order valence-electron chi connectivity index (χ1n) is 6.88. The van der Waals surface area contributed by atoms with Gasteiger partial charge in [0, 0.05) is 5.56 Å². The van der Waals surface area contributed by atoms with E-state index >= 15 is 0 Å². The number of hydrogen-bond donors (Lipinski definition) is 1. The minimum atomic E-state index is -0.635. The van der Waals surface area contributed by atoms with Gasteiger partial charge in [-0.2, -0.15) is 0 Å². The Morgan fingerprint density at radius 1 is 1.09 bits per heavy atom. The molecule has 1 aliphatic rings. The molecule has 1 heterocycles. The summed E-state index contributed by atoms with van der Waals surface area (Å²) in [5.41, 5.74) is 1.33. The van der Waals surface area contributed by atoms with Gasteiger partial charge in [-0.1, -0.05) is 42.5 Å². The number of para-hydroxylation sites is 1. The molecule has 0 saturated heterocycles. The molecule has 6 heteroatoms. The highest BCUT2D eigenvalue weighted by atomic mass is 16.6. The second kappa shape index (κ2) is 6.17. The van der Waals surface area contributed by atoms with Gasteiger partial charge in [-0.3, -0.25) is 10.1 Å². The van der Waals surface area contributed by atoms with Crippen LogP contribution in [0.15, 0.2) is 66.0 Å². The van der Waals surface area contributed by atoms with E-state index in [0.717, 1.165) is 5.56 Å². The van der Waals surface area contributed by atoms with Gasteiger partial charge in [-0.15, -0.1) is 0 Å². The van der Waals surface area contributed by atoms with Crippen LogP contribution in [0.2, 0.25) is 0 Å². The van der Waals surface area contributed by atoms with Crippen molar-refractivity contribution in [2.45, 2.75) is 6.61 Å². The summed E-state index contributed by atoms with van der Waals surface area (Å²) in [6, 6.07) is 16.2. The first-order valence-corrected chi connectivity index (χ1v) is 6.88. The Morgan fingerprint density at radius 2 is 1.78 bits per heavy atom. The molecule has 23 heavy (non-hydrogen) atoms. The highest BCUT2D eigenvalue weighted by Crippen LogP contribution is 2.36. The molecule has 0 fully saturated rings. The van der Waals surface area contributed by atoms with E-state index in [9.17, 15) is 14.9 Å². The molecule has 1 N–H and O–H groups in total. The lowest BCUT2D eigenvalue weighted by atomic mass is 10.0. The highest BCUT2D eigenvalue weighted by Gasteiger charge is 2.33. The van der Waals surface area contributed by atoms with Gasteiger partial charge in [0.05, 0.1) is 10.6 Å². The van der Waals surface area contributed by atoms with Crippen molar-refractivity contribution in [3.05, 3.63) is 87.2 Å². The van der Waals surface area contributed by atoms with Crippen molar-refractivity contribution in [3.63, 3.8) is 0 Å². The van der Waals surface area contributed by atoms with Crippen molar-refractivity contribution in [2.24, 2.45) is 0 Å². The molecule has 0 spiro atoms. The van der Waals surface area contributed by atoms with Crippen molar-refractivity contribution < 1.29 is 14.5 Å². The lowest BCUT2D eigenvalue weighted by molar-refractivity contribution is -0.420. The fraction of sp³-hybridized carbons (Fsp3) is 0.0588. The van der Waals surface area contributed by atoms with Crippen LogP contribution >= 0.6 is 0 Å². The van der Waals surface area contributed by atoms with Crippen LogP contribution in [0, 0.1) is 10.1 Å². The van der Waals surface area contributed by atoms with Gasteiger partial charge in [0.1, 0.15) is 6.61 Å². The number of carbonyl (C=O) groups excluding carboxylic acids is 1. The van der Waals surface area contributed by atoms with Crippen molar-refractivity contribution in [1.29, 1.82) is 0 Å². The van der Waals surface area contributed by atoms with Crippen LogP contribution < -0.4 is 5.32 Å². The van der Waals surface area contributed by atoms with E-state index in [1.165, 1.54) is 0 Å². The molecule has 0 unspecified atom stereocenters. The maximum atomic E-state index is 11.4. The zero-order chi connectivity index (χ0) is 16.2. The van der Waals surface area contributed by atoms with Gasteiger partial charge >= 0.3 is 5.70 Å². The number of nitrogens with one attached hydrogen (secondary N) is 1. The number of nitro groups is 1. The number of anilines is 1. The van der Waals surface area contributed by atoms with Crippen LogP contribution in [0.25, 0.3) is 5.76 Å². The number of ether oxygens (including phenoxy) is 1. The first kappa shape index (κ1) is 14.6. The summed E-state index contributed by atoms with van der Waals surface area (Å²) in [5.74, 6) is 1.64. The summed E-state index contributed by atoms with van der Waals surface area (Å²) < 4.78 is 5.70. The summed E-state index contributed by atoms with van der Waals surface area (Å²) in [7, 11) is 0. The standard InChI is InChI=1S/C17H12N2O4/c20-10-15-16(19(21)22)17(13-8-4-5-9-14(13)18-15)23-11-12-6-2-1-3-7-12/h1-9,18H,11H2. The first-order chi connectivity index (χ1) is 11.2. The van der Waals surface area contributed by atoms with Crippen LogP contribution in [0.1, 0.15) is 11.1 Å². The number of rotatable bonds is 4. The molecule has 0 bridgehead atoms. The van der Waals surface area contributed by atoms with Crippen LogP contribution in [0.5, 0.6) is 0 Å². The van der Waals surface area contributed by atoms with Gasteiger partial charge < -0.3 is 10.1 Å². The number of fused-ring (bicyclic) bond motifs is 1. The molecule has 3 rings (SSSR count). The summed E-state index contributed by atoms with van der Waals surface area (Å²) >= 11 is 0. The van der Waals surface area contributed by atoms with E-state index in [4.69, 9.17) is 4.74 Å². The fourth-order valence-electron chi connectivity index (χ4n) is 2.35. The molecule has 0 saturated carbocycles. The van der Waals surface area contributed by atoms with Gasteiger partial charge in [0.2, 0.25) is 11.5 Å². The van der Waals surface area contributed by atoms with Crippen LogP contribution in [-0.2, 0) is 16.1 Å². The Hall–Kier alpha value is -3.37. The zero-order valence-corrected chi connectivity index (χ0v) is 12.0. The van der Waals surface area contributed by atoms with Gasteiger partial charge in [0.15, 0.2) is 5.94 Å². The molecule has 0 radical (unpaired) electrons. The monoisotopic (exact) mass is 308 g/mol. The summed E-state index contributed by atoms with van der Waals surface area (Å²) in [6.07, 6.45) is 0. The zero-order valence-electron chi connectivity index (χ0n) is 12.0. The Balaban J connectivity index is 2.06. The average Bonchev–Trinajstić information content (AvgIpc) is 2.59. The molecular weight excluding hydrogens is 296 g/mol. The molecule has 0 aliphatic carbocycles. The topological polar surface area (TPSA) is 81.5 Å². The smallest absolute Gasteiger partial charge is 0.346 e. The number of hydrogen-bond acceptors (Lipinski definition) is 5. The Labute approximate surface area is 131 Å². The summed E-state index contributed by atoms with van der Waals surface area (Å²) in [5, 5.41) is 14.1. The third-order valence-corrected chi connectivity index (χ3v) is 3.39. The number of benzene rings is 2. The molecule has 114 valence electrons. The van der Waals surface area contributed by atoms with E-state index in [-0.39, 0.29) is 18.1 Å². The lowest BCUT2D eigenvalue weighted by Gasteiger charge is -2.20. The predicted molar refractivity (Wildman–Crippen MR) is 84.4 cm³/mol. The Kier molecular flexibility index (Phi) is 3.91. The average molecular weight is 308 g/mol. The second-order valence-corrected chi connectivity index (χ2v) is 4.86. The van der Waals surface area contributed by atoms with E-state index < -0.39 is 10.6 Å². The van der Waals surface area contributed by atoms with Crippen molar-refractivity contribution in [1.82, 2.24) is 0 Å². The molecular formula is C17H12N2O4. The Morgan fingerprint density at radius 3 is 2.48 bits per heavy atom. The largest absolute Gasteiger partial charge is 0.481 e. The highest BCUT2D eigenvalue weighted by molar-refractivity contribution is 5.86. The lowest BCUT2D eigenvalue weighted by Crippen LogP contribution is -2.19.